The van der Waals surface area contributed by atoms with E-state index in [0.29, 0.717) is 5.56 Å². The SMILES string of the molecule is Cc1c(-c2ccc([N+](=O)[O-])cc2)n(CCO)c(O)c(O)c1=O.Cl. The Bertz CT molecular complexity index is 785. The average Bonchev–Trinajstić information content (AvgIpc) is 2.51. The second kappa shape index (κ2) is 7.12. The highest BCUT2D eigenvalue weighted by atomic mass is 35.5. The van der Waals surface area contributed by atoms with Gasteiger partial charge >= 0.3 is 0 Å². The van der Waals surface area contributed by atoms with Crippen LogP contribution in [0.1, 0.15) is 5.56 Å². The maximum atomic E-state index is 11.9. The Labute approximate surface area is 136 Å². The Morgan fingerprint density at radius 3 is 2.26 bits per heavy atom. The number of aliphatic hydroxyl groups is 1. The van der Waals surface area contributed by atoms with Crippen LogP contribution in [0.3, 0.4) is 0 Å². The number of hydrogen-bond donors (Lipinski definition) is 3. The van der Waals surface area contributed by atoms with E-state index in [2.05, 4.69) is 0 Å². The molecule has 0 saturated heterocycles. The maximum Gasteiger partial charge on any atom is 0.269 e. The van der Waals surface area contributed by atoms with Crippen molar-refractivity contribution in [2.75, 3.05) is 6.61 Å². The molecule has 0 spiro atoms. The molecule has 9 heteroatoms. The fraction of sp³-hybridized carbons (Fsp3) is 0.214. The topological polar surface area (TPSA) is 126 Å². The third-order valence-corrected chi connectivity index (χ3v) is 3.32. The van der Waals surface area contributed by atoms with E-state index in [9.17, 15) is 25.1 Å². The minimum Gasteiger partial charge on any atom is -0.500 e. The molecule has 124 valence electrons. The van der Waals surface area contributed by atoms with Gasteiger partial charge in [0, 0.05) is 24.2 Å². The van der Waals surface area contributed by atoms with E-state index in [1.165, 1.54) is 35.8 Å². The van der Waals surface area contributed by atoms with Crippen molar-refractivity contribution in [1.29, 1.82) is 0 Å². The number of nitrogens with zero attached hydrogens (tertiary/aromatic N) is 2. The first-order valence-electron chi connectivity index (χ1n) is 6.39. The smallest absolute Gasteiger partial charge is 0.269 e. The second-order valence-electron chi connectivity index (χ2n) is 4.65. The number of aliphatic hydroxyl groups excluding tert-OH is 1. The van der Waals surface area contributed by atoms with Gasteiger partial charge in [-0.05, 0) is 24.6 Å². The third-order valence-electron chi connectivity index (χ3n) is 3.32. The monoisotopic (exact) mass is 342 g/mol. The molecule has 2 aromatic rings. The van der Waals surface area contributed by atoms with Gasteiger partial charge in [0.25, 0.3) is 5.69 Å². The Balaban J connectivity index is 0.00000264. The highest BCUT2D eigenvalue weighted by Gasteiger charge is 2.20. The lowest BCUT2D eigenvalue weighted by molar-refractivity contribution is -0.384. The average molecular weight is 343 g/mol. The molecule has 0 atom stereocenters. The summed E-state index contributed by atoms with van der Waals surface area (Å²) in [5.74, 6) is -1.45. The molecule has 3 N–H and O–H groups in total. The van der Waals surface area contributed by atoms with Crippen molar-refractivity contribution < 1.29 is 20.2 Å². The van der Waals surface area contributed by atoms with Crippen molar-refractivity contribution in [2.45, 2.75) is 13.5 Å². The summed E-state index contributed by atoms with van der Waals surface area (Å²) in [6.07, 6.45) is 0. The molecule has 0 amide bonds. The van der Waals surface area contributed by atoms with Gasteiger partial charge in [-0.25, -0.2) is 0 Å². The quantitative estimate of drug-likeness (QED) is 0.571. The largest absolute Gasteiger partial charge is 0.500 e. The van der Waals surface area contributed by atoms with E-state index in [4.69, 9.17) is 5.11 Å². The van der Waals surface area contributed by atoms with E-state index in [1.54, 1.807) is 0 Å². The van der Waals surface area contributed by atoms with Crippen LogP contribution in [0.15, 0.2) is 29.1 Å². The van der Waals surface area contributed by atoms with Gasteiger partial charge in [-0.15, -0.1) is 12.4 Å². The molecule has 0 fully saturated rings. The summed E-state index contributed by atoms with van der Waals surface area (Å²) < 4.78 is 1.19. The molecular formula is C14H15ClN2O6. The van der Waals surface area contributed by atoms with Crippen LogP contribution in [0.5, 0.6) is 11.6 Å². The lowest BCUT2D eigenvalue weighted by Gasteiger charge is -2.18. The minimum absolute atomic E-state index is 0. The van der Waals surface area contributed by atoms with E-state index >= 15 is 0 Å². The summed E-state index contributed by atoms with van der Waals surface area (Å²) in [4.78, 5) is 22.1. The van der Waals surface area contributed by atoms with Crippen LogP contribution in [0.25, 0.3) is 11.3 Å². The number of nitro benzene ring substituents is 1. The predicted octanol–water partition coefficient (Wildman–Crippen LogP) is 1.56. The molecule has 0 aliphatic rings. The second-order valence-corrected chi connectivity index (χ2v) is 4.65. The van der Waals surface area contributed by atoms with Gasteiger partial charge in [0.15, 0.2) is 0 Å². The van der Waals surface area contributed by atoms with Gasteiger partial charge in [-0.3, -0.25) is 14.9 Å². The van der Waals surface area contributed by atoms with Crippen LogP contribution in [0.4, 0.5) is 5.69 Å². The maximum absolute atomic E-state index is 11.9. The Morgan fingerprint density at radius 2 is 1.78 bits per heavy atom. The van der Waals surface area contributed by atoms with Crippen LogP contribution < -0.4 is 5.43 Å². The first kappa shape index (κ1) is 18.5. The summed E-state index contributed by atoms with van der Waals surface area (Å²) in [5.41, 5.74) is 0.0475. The summed E-state index contributed by atoms with van der Waals surface area (Å²) in [5, 5.41) is 39.3. The molecule has 1 heterocycles. The molecule has 0 unspecified atom stereocenters. The van der Waals surface area contributed by atoms with E-state index in [1.807, 2.05) is 0 Å². The number of nitro groups is 1. The van der Waals surface area contributed by atoms with Gasteiger partial charge < -0.3 is 19.9 Å². The predicted molar refractivity (Wildman–Crippen MR) is 85.2 cm³/mol. The van der Waals surface area contributed by atoms with Crippen molar-refractivity contribution in [3.05, 3.63) is 50.2 Å². The third kappa shape index (κ3) is 3.27. The highest BCUT2D eigenvalue weighted by molar-refractivity contribution is 5.85. The summed E-state index contributed by atoms with van der Waals surface area (Å²) >= 11 is 0. The number of aromatic hydroxyl groups is 2. The van der Waals surface area contributed by atoms with Gasteiger partial charge in [-0.1, -0.05) is 0 Å². The molecule has 0 aliphatic heterocycles. The number of aromatic nitrogens is 1. The Hall–Kier alpha value is -2.58. The van der Waals surface area contributed by atoms with Gasteiger partial charge in [0.05, 0.1) is 17.2 Å². The molecule has 0 bridgehead atoms. The summed E-state index contributed by atoms with van der Waals surface area (Å²) in [7, 11) is 0. The Morgan fingerprint density at radius 1 is 1.22 bits per heavy atom. The minimum atomic E-state index is -0.795. The fourth-order valence-corrected chi connectivity index (χ4v) is 2.25. The molecule has 0 radical (unpaired) electrons. The highest BCUT2D eigenvalue weighted by Crippen LogP contribution is 2.31. The standard InChI is InChI=1S/C14H14N2O6.ClH/c1-8-11(9-2-4-10(5-3-9)16(21)22)15(6-7-17)14(20)13(19)12(8)18;/h2-5,17,19-20H,6-7H2,1H3;1H. The number of non-ortho nitro benzene ring substituents is 1. The molecular weight excluding hydrogens is 328 g/mol. The number of hydrogen-bond acceptors (Lipinski definition) is 6. The van der Waals surface area contributed by atoms with Gasteiger partial charge in [0.2, 0.25) is 17.1 Å². The van der Waals surface area contributed by atoms with Crippen molar-refractivity contribution in [3.63, 3.8) is 0 Å². The first-order chi connectivity index (χ1) is 10.4. The normalized spacial score (nSPS) is 10.2. The zero-order chi connectivity index (χ0) is 16.4. The van der Waals surface area contributed by atoms with Gasteiger partial charge in [-0.2, -0.15) is 0 Å². The lowest BCUT2D eigenvalue weighted by atomic mass is 10.0. The lowest BCUT2D eigenvalue weighted by Crippen LogP contribution is -2.16. The summed E-state index contributed by atoms with van der Waals surface area (Å²) in [6.45, 7) is 1.09. The molecule has 2 rings (SSSR count). The van der Waals surface area contributed by atoms with E-state index in [-0.39, 0.29) is 42.5 Å². The van der Waals surface area contributed by atoms with Crippen molar-refractivity contribution in [3.8, 4) is 22.9 Å². The number of benzene rings is 1. The molecule has 1 aromatic carbocycles. The van der Waals surface area contributed by atoms with Crippen LogP contribution in [0, 0.1) is 17.0 Å². The molecule has 8 nitrogen and oxygen atoms in total. The Kier molecular flexibility index (Phi) is 5.72. The van der Waals surface area contributed by atoms with Crippen LogP contribution >= 0.6 is 12.4 Å². The molecule has 23 heavy (non-hydrogen) atoms. The number of pyridine rings is 1. The first-order valence-corrected chi connectivity index (χ1v) is 6.39. The van der Waals surface area contributed by atoms with Crippen molar-refractivity contribution in [1.82, 2.24) is 4.57 Å². The zero-order valence-corrected chi connectivity index (χ0v) is 12.9. The van der Waals surface area contributed by atoms with Crippen molar-refractivity contribution >= 4 is 18.1 Å². The zero-order valence-electron chi connectivity index (χ0n) is 12.1. The van der Waals surface area contributed by atoms with Crippen molar-refractivity contribution in [2.24, 2.45) is 0 Å². The molecule has 1 aromatic heterocycles. The summed E-state index contributed by atoms with van der Waals surface area (Å²) in [6, 6.07) is 5.41. The van der Waals surface area contributed by atoms with Crippen LogP contribution in [-0.4, -0.2) is 31.4 Å². The number of halogens is 1. The molecule has 0 saturated carbocycles. The fourth-order valence-electron chi connectivity index (χ4n) is 2.25. The van der Waals surface area contributed by atoms with Crippen LogP contribution in [0.2, 0.25) is 0 Å². The van der Waals surface area contributed by atoms with E-state index < -0.39 is 22.0 Å². The van der Waals surface area contributed by atoms with Gasteiger partial charge in [0.1, 0.15) is 0 Å². The van der Waals surface area contributed by atoms with E-state index in [0.717, 1.165) is 0 Å². The molecule has 0 aliphatic carbocycles. The number of rotatable bonds is 4. The van der Waals surface area contributed by atoms with Crippen LogP contribution in [-0.2, 0) is 6.54 Å².